The van der Waals surface area contributed by atoms with Crippen molar-refractivity contribution in [2.45, 2.75) is 39.5 Å². The van der Waals surface area contributed by atoms with Crippen molar-refractivity contribution in [2.24, 2.45) is 5.92 Å². The summed E-state index contributed by atoms with van der Waals surface area (Å²) < 4.78 is 0. The van der Waals surface area contributed by atoms with E-state index in [9.17, 15) is 0 Å². The van der Waals surface area contributed by atoms with Crippen molar-refractivity contribution < 1.29 is 0 Å². The maximum Gasteiger partial charge on any atom is -0.0133 e. The zero-order chi connectivity index (χ0) is 9.42. The summed E-state index contributed by atoms with van der Waals surface area (Å²) in [6.07, 6.45) is 2.65. The van der Waals surface area contributed by atoms with E-state index < -0.39 is 0 Å². The lowest BCUT2D eigenvalue weighted by atomic mass is 9.89. The van der Waals surface area contributed by atoms with Crippen molar-refractivity contribution >= 4 is 0 Å². The maximum atomic E-state index is 2.38. The van der Waals surface area contributed by atoms with E-state index in [2.05, 4.69) is 39.0 Å². The predicted molar refractivity (Wildman–Crippen MR) is 57.1 cm³/mol. The summed E-state index contributed by atoms with van der Waals surface area (Å²) in [7, 11) is 0. The van der Waals surface area contributed by atoms with E-state index in [4.69, 9.17) is 0 Å². The maximum absolute atomic E-state index is 2.38. The lowest BCUT2D eigenvalue weighted by Gasteiger charge is -2.15. The van der Waals surface area contributed by atoms with E-state index in [1.807, 2.05) is 0 Å². The van der Waals surface area contributed by atoms with E-state index in [1.54, 1.807) is 11.1 Å². The van der Waals surface area contributed by atoms with Crippen LogP contribution in [-0.4, -0.2) is 0 Å². The number of hydrogen-bond donors (Lipinski definition) is 0. The van der Waals surface area contributed by atoms with Gasteiger partial charge in [-0.1, -0.05) is 37.6 Å². The van der Waals surface area contributed by atoms with Gasteiger partial charge in [0.05, 0.1) is 0 Å². The number of hydrogen-bond acceptors (Lipinski definition) is 0. The fourth-order valence-corrected chi connectivity index (χ4v) is 2.45. The Morgan fingerprint density at radius 3 is 2.77 bits per heavy atom. The molecule has 0 bridgehead atoms. The highest BCUT2D eigenvalue weighted by Gasteiger charge is 2.24. The zero-order valence-electron chi connectivity index (χ0n) is 8.80. The monoisotopic (exact) mass is 174 g/mol. The highest BCUT2D eigenvalue weighted by atomic mass is 14.3. The van der Waals surface area contributed by atoms with Crippen LogP contribution in [0.5, 0.6) is 0 Å². The summed E-state index contributed by atoms with van der Waals surface area (Å²) in [6.45, 7) is 6.86. The van der Waals surface area contributed by atoms with Crippen LogP contribution in [0.1, 0.15) is 42.9 Å². The molecule has 0 saturated heterocycles. The molecule has 0 aromatic heterocycles. The SMILES string of the molecule is Cc1ccc2c(c1)C(C(C)C)CC2. The summed E-state index contributed by atoms with van der Waals surface area (Å²) in [6, 6.07) is 6.93. The smallest absolute Gasteiger partial charge is 0.0133 e. The van der Waals surface area contributed by atoms with Crippen molar-refractivity contribution in [2.75, 3.05) is 0 Å². The topological polar surface area (TPSA) is 0 Å². The molecule has 2 rings (SSSR count). The third-order valence-electron chi connectivity index (χ3n) is 3.23. The number of rotatable bonds is 1. The van der Waals surface area contributed by atoms with Crippen LogP contribution in [0.3, 0.4) is 0 Å². The lowest BCUT2D eigenvalue weighted by Crippen LogP contribution is -2.02. The molecule has 1 atom stereocenters. The van der Waals surface area contributed by atoms with Gasteiger partial charge in [-0.2, -0.15) is 0 Å². The van der Waals surface area contributed by atoms with Gasteiger partial charge >= 0.3 is 0 Å². The van der Waals surface area contributed by atoms with Crippen LogP contribution in [0.4, 0.5) is 0 Å². The van der Waals surface area contributed by atoms with Crippen molar-refractivity contribution in [1.82, 2.24) is 0 Å². The van der Waals surface area contributed by atoms with Crippen LogP contribution in [0.25, 0.3) is 0 Å². The summed E-state index contributed by atoms with van der Waals surface area (Å²) >= 11 is 0. The average molecular weight is 174 g/mol. The molecule has 0 nitrogen and oxygen atoms in total. The average Bonchev–Trinajstić information content (AvgIpc) is 2.46. The van der Waals surface area contributed by atoms with Gasteiger partial charge in [0.15, 0.2) is 0 Å². The van der Waals surface area contributed by atoms with Crippen molar-refractivity contribution in [3.8, 4) is 0 Å². The molecule has 0 fully saturated rings. The second-order valence-corrected chi connectivity index (χ2v) is 4.59. The first-order valence-electron chi connectivity index (χ1n) is 5.28. The van der Waals surface area contributed by atoms with E-state index in [1.165, 1.54) is 18.4 Å². The minimum atomic E-state index is 0.794. The largest absolute Gasteiger partial charge is 0.0622 e. The molecule has 0 saturated carbocycles. The molecule has 1 aliphatic rings. The van der Waals surface area contributed by atoms with Gasteiger partial charge in [-0.3, -0.25) is 0 Å². The van der Waals surface area contributed by atoms with Crippen LogP contribution >= 0.6 is 0 Å². The molecule has 0 spiro atoms. The fourth-order valence-electron chi connectivity index (χ4n) is 2.45. The van der Waals surface area contributed by atoms with Gasteiger partial charge in [0.2, 0.25) is 0 Å². The van der Waals surface area contributed by atoms with Crippen LogP contribution in [0, 0.1) is 12.8 Å². The molecular weight excluding hydrogens is 156 g/mol. The molecule has 1 aliphatic carbocycles. The molecular formula is C13H18. The first-order valence-corrected chi connectivity index (χ1v) is 5.28. The second kappa shape index (κ2) is 3.17. The molecule has 0 heteroatoms. The third kappa shape index (κ3) is 1.50. The molecule has 1 unspecified atom stereocenters. The number of benzene rings is 1. The minimum absolute atomic E-state index is 0.794. The first-order chi connectivity index (χ1) is 6.18. The predicted octanol–water partition coefficient (Wildman–Crippen LogP) is 3.68. The molecule has 1 aromatic carbocycles. The molecule has 0 heterocycles. The molecule has 0 amide bonds. The van der Waals surface area contributed by atoms with Gasteiger partial charge in [-0.05, 0) is 42.7 Å². The zero-order valence-corrected chi connectivity index (χ0v) is 8.80. The van der Waals surface area contributed by atoms with Crippen molar-refractivity contribution in [3.63, 3.8) is 0 Å². The third-order valence-corrected chi connectivity index (χ3v) is 3.23. The van der Waals surface area contributed by atoms with Gasteiger partial charge in [0.25, 0.3) is 0 Å². The fraction of sp³-hybridized carbons (Fsp3) is 0.538. The van der Waals surface area contributed by atoms with Gasteiger partial charge in [-0.25, -0.2) is 0 Å². The van der Waals surface area contributed by atoms with E-state index >= 15 is 0 Å². The van der Waals surface area contributed by atoms with Crippen molar-refractivity contribution in [3.05, 3.63) is 34.9 Å². The summed E-state index contributed by atoms with van der Waals surface area (Å²) in [5.41, 5.74) is 4.62. The Balaban J connectivity index is 2.40. The quantitative estimate of drug-likeness (QED) is 0.609. The summed E-state index contributed by atoms with van der Waals surface area (Å²) in [5, 5.41) is 0. The molecule has 0 aliphatic heterocycles. The van der Waals surface area contributed by atoms with Gasteiger partial charge in [-0.15, -0.1) is 0 Å². The number of aryl methyl sites for hydroxylation is 2. The van der Waals surface area contributed by atoms with Crippen LogP contribution in [-0.2, 0) is 6.42 Å². The number of fused-ring (bicyclic) bond motifs is 1. The minimum Gasteiger partial charge on any atom is -0.0622 e. The van der Waals surface area contributed by atoms with Crippen LogP contribution in [0.2, 0.25) is 0 Å². The van der Waals surface area contributed by atoms with Gasteiger partial charge < -0.3 is 0 Å². The second-order valence-electron chi connectivity index (χ2n) is 4.59. The normalized spacial score (nSPS) is 20.8. The Hall–Kier alpha value is -0.780. The molecule has 1 aromatic rings. The highest BCUT2D eigenvalue weighted by molar-refractivity contribution is 5.38. The Morgan fingerprint density at radius 1 is 1.31 bits per heavy atom. The van der Waals surface area contributed by atoms with Gasteiger partial charge in [0, 0.05) is 0 Å². The Bertz CT molecular complexity index is 310. The Kier molecular flexibility index (Phi) is 2.15. The Morgan fingerprint density at radius 2 is 2.08 bits per heavy atom. The standard InChI is InChI=1S/C13H18/c1-9(2)12-7-6-11-5-4-10(3)8-13(11)12/h4-5,8-9,12H,6-7H2,1-3H3. The van der Waals surface area contributed by atoms with Crippen LogP contribution < -0.4 is 0 Å². The molecule has 0 N–H and O–H groups in total. The van der Waals surface area contributed by atoms with Gasteiger partial charge in [0.1, 0.15) is 0 Å². The lowest BCUT2D eigenvalue weighted by molar-refractivity contribution is 0.495. The van der Waals surface area contributed by atoms with Crippen LogP contribution in [0.15, 0.2) is 18.2 Å². The highest BCUT2D eigenvalue weighted by Crippen LogP contribution is 2.38. The van der Waals surface area contributed by atoms with E-state index in [0.29, 0.717) is 0 Å². The summed E-state index contributed by atoms with van der Waals surface area (Å²) in [4.78, 5) is 0. The Labute approximate surface area is 81.0 Å². The van der Waals surface area contributed by atoms with E-state index in [-0.39, 0.29) is 0 Å². The molecule has 13 heavy (non-hydrogen) atoms. The van der Waals surface area contributed by atoms with Crippen molar-refractivity contribution in [1.29, 1.82) is 0 Å². The van der Waals surface area contributed by atoms with E-state index in [0.717, 1.165) is 11.8 Å². The summed E-state index contributed by atoms with van der Waals surface area (Å²) in [5.74, 6) is 1.61. The first kappa shape index (κ1) is 8.80. The molecule has 0 radical (unpaired) electrons. The molecule has 70 valence electrons.